The highest BCUT2D eigenvalue weighted by atomic mass is 32.1. The van der Waals surface area contributed by atoms with E-state index in [1.165, 1.54) is 11.3 Å². The molecule has 0 atom stereocenters. The van der Waals surface area contributed by atoms with Crippen molar-refractivity contribution in [3.63, 3.8) is 0 Å². The maximum Gasteiger partial charge on any atom is 0.257 e. The number of aryl methyl sites for hydroxylation is 1. The van der Waals surface area contributed by atoms with E-state index in [0.29, 0.717) is 23.2 Å². The van der Waals surface area contributed by atoms with Crippen molar-refractivity contribution in [3.8, 4) is 11.5 Å². The maximum atomic E-state index is 13.0. The highest BCUT2D eigenvalue weighted by molar-refractivity contribution is 7.14. The van der Waals surface area contributed by atoms with E-state index in [9.17, 15) is 4.79 Å². The van der Waals surface area contributed by atoms with Gasteiger partial charge in [0.1, 0.15) is 0 Å². The number of carbonyl (C=O) groups is 1. The second-order valence-corrected chi connectivity index (χ2v) is 7.21. The summed E-state index contributed by atoms with van der Waals surface area (Å²) in [5.74, 6) is 1.17. The molecule has 0 saturated carbocycles. The molecule has 3 rings (SSSR count). The summed E-state index contributed by atoms with van der Waals surface area (Å²) in [6.45, 7) is 4.60. The van der Waals surface area contributed by atoms with Crippen LogP contribution in [0.2, 0.25) is 0 Å². The quantitative estimate of drug-likeness (QED) is 0.454. The van der Waals surface area contributed by atoms with Gasteiger partial charge in [0.15, 0.2) is 16.6 Å². The standard InChI is InChI=1S/C23H24N2O3S/c1-4-14-28-20-12-10-18(15-21(20)27-3)11-13-22(26)25(19-8-6-5-7-9-19)23-24-17(2)16-29-23/h5-13,15-16H,4,14H2,1-3H3. The number of amides is 1. The maximum absolute atomic E-state index is 13.0. The number of carbonyl (C=O) groups excluding carboxylic acids is 1. The van der Waals surface area contributed by atoms with E-state index in [1.54, 1.807) is 24.2 Å². The number of hydrogen-bond acceptors (Lipinski definition) is 5. The van der Waals surface area contributed by atoms with Crippen LogP contribution in [0.25, 0.3) is 6.08 Å². The third-order valence-electron chi connectivity index (χ3n) is 4.10. The van der Waals surface area contributed by atoms with Gasteiger partial charge in [-0.05, 0) is 49.2 Å². The number of aromatic nitrogens is 1. The first-order valence-electron chi connectivity index (χ1n) is 9.42. The Kier molecular flexibility index (Phi) is 7.03. The molecule has 29 heavy (non-hydrogen) atoms. The van der Waals surface area contributed by atoms with E-state index >= 15 is 0 Å². The van der Waals surface area contributed by atoms with Gasteiger partial charge in [0.25, 0.3) is 5.91 Å². The van der Waals surface area contributed by atoms with Gasteiger partial charge in [-0.3, -0.25) is 9.69 Å². The average Bonchev–Trinajstić information content (AvgIpc) is 3.17. The lowest BCUT2D eigenvalue weighted by atomic mass is 10.2. The number of methoxy groups -OCH3 is 1. The number of nitrogens with zero attached hydrogens (tertiary/aromatic N) is 2. The van der Waals surface area contributed by atoms with Crippen molar-refractivity contribution in [3.05, 3.63) is 71.2 Å². The van der Waals surface area contributed by atoms with Crippen LogP contribution in [0.4, 0.5) is 10.8 Å². The van der Waals surface area contributed by atoms with Gasteiger partial charge in [0.05, 0.1) is 25.1 Å². The Hall–Kier alpha value is -3.12. The van der Waals surface area contributed by atoms with Crippen molar-refractivity contribution in [1.29, 1.82) is 0 Å². The molecular weight excluding hydrogens is 384 g/mol. The summed E-state index contributed by atoms with van der Waals surface area (Å²) < 4.78 is 11.1. The fourth-order valence-electron chi connectivity index (χ4n) is 2.71. The fraction of sp³-hybridized carbons (Fsp3) is 0.217. The molecule has 0 fully saturated rings. The summed E-state index contributed by atoms with van der Waals surface area (Å²) >= 11 is 1.44. The van der Waals surface area contributed by atoms with Gasteiger partial charge in [0.2, 0.25) is 0 Å². The molecule has 150 valence electrons. The first kappa shape index (κ1) is 20.6. The zero-order valence-corrected chi connectivity index (χ0v) is 17.6. The Morgan fingerprint density at radius 1 is 1.17 bits per heavy atom. The van der Waals surface area contributed by atoms with E-state index in [4.69, 9.17) is 9.47 Å². The zero-order chi connectivity index (χ0) is 20.6. The van der Waals surface area contributed by atoms with Gasteiger partial charge in [-0.25, -0.2) is 4.98 Å². The van der Waals surface area contributed by atoms with Crippen LogP contribution >= 0.6 is 11.3 Å². The third-order valence-corrected chi connectivity index (χ3v) is 5.04. The Balaban J connectivity index is 1.85. The van der Waals surface area contributed by atoms with E-state index in [1.807, 2.05) is 60.8 Å². The van der Waals surface area contributed by atoms with Crippen LogP contribution in [-0.4, -0.2) is 24.6 Å². The molecule has 6 heteroatoms. The monoisotopic (exact) mass is 408 g/mol. The van der Waals surface area contributed by atoms with Crippen LogP contribution in [0.1, 0.15) is 24.6 Å². The van der Waals surface area contributed by atoms with Gasteiger partial charge >= 0.3 is 0 Å². The van der Waals surface area contributed by atoms with E-state index in [0.717, 1.165) is 23.4 Å². The lowest BCUT2D eigenvalue weighted by molar-refractivity contribution is -0.113. The van der Waals surface area contributed by atoms with Crippen molar-refractivity contribution in [2.45, 2.75) is 20.3 Å². The van der Waals surface area contributed by atoms with Crippen LogP contribution in [0.5, 0.6) is 11.5 Å². The van der Waals surface area contributed by atoms with Crippen molar-refractivity contribution >= 4 is 34.1 Å². The van der Waals surface area contributed by atoms with Crippen LogP contribution in [0.3, 0.4) is 0 Å². The Morgan fingerprint density at radius 2 is 1.97 bits per heavy atom. The summed E-state index contributed by atoms with van der Waals surface area (Å²) in [5.41, 5.74) is 2.51. The minimum Gasteiger partial charge on any atom is -0.493 e. The molecule has 0 aliphatic heterocycles. The van der Waals surface area contributed by atoms with Crippen LogP contribution < -0.4 is 14.4 Å². The number of ether oxygens (including phenoxy) is 2. The molecule has 0 radical (unpaired) electrons. The molecule has 0 spiro atoms. The highest BCUT2D eigenvalue weighted by Gasteiger charge is 2.18. The molecule has 3 aromatic rings. The van der Waals surface area contributed by atoms with Crippen LogP contribution in [-0.2, 0) is 4.79 Å². The number of benzene rings is 2. The van der Waals surface area contributed by atoms with Crippen LogP contribution in [0, 0.1) is 6.92 Å². The van der Waals surface area contributed by atoms with Gasteiger partial charge in [-0.15, -0.1) is 11.3 Å². The second-order valence-electron chi connectivity index (χ2n) is 6.37. The van der Waals surface area contributed by atoms with Crippen molar-refractivity contribution in [1.82, 2.24) is 4.98 Å². The molecule has 1 amide bonds. The van der Waals surface area contributed by atoms with E-state index in [2.05, 4.69) is 11.9 Å². The molecule has 0 aliphatic rings. The van der Waals surface area contributed by atoms with Crippen LogP contribution in [0.15, 0.2) is 60.0 Å². The molecular formula is C23H24N2O3S. The average molecular weight is 409 g/mol. The molecule has 0 unspecified atom stereocenters. The van der Waals surface area contributed by atoms with Crippen molar-refractivity contribution in [2.75, 3.05) is 18.6 Å². The number of para-hydroxylation sites is 1. The first-order chi connectivity index (χ1) is 14.1. The van der Waals surface area contributed by atoms with Gasteiger partial charge in [-0.1, -0.05) is 31.2 Å². The molecule has 0 bridgehead atoms. The number of thiazole rings is 1. The lowest BCUT2D eigenvalue weighted by Crippen LogP contribution is -2.23. The molecule has 2 aromatic carbocycles. The smallest absolute Gasteiger partial charge is 0.257 e. The van der Waals surface area contributed by atoms with Gasteiger partial charge in [0, 0.05) is 11.5 Å². The molecule has 1 heterocycles. The topological polar surface area (TPSA) is 51.7 Å². The minimum atomic E-state index is -0.171. The fourth-order valence-corrected chi connectivity index (χ4v) is 3.54. The summed E-state index contributed by atoms with van der Waals surface area (Å²) in [6, 6.07) is 15.1. The summed E-state index contributed by atoms with van der Waals surface area (Å²) in [4.78, 5) is 19.1. The summed E-state index contributed by atoms with van der Waals surface area (Å²) in [5, 5.41) is 2.58. The first-order valence-corrected chi connectivity index (χ1v) is 10.3. The SMILES string of the molecule is CCCOc1ccc(C=CC(=O)N(c2ccccc2)c2nc(C)cs2)cc1OC. The van der Waals surface area contributed by atoms with Gasteiger partial charge < -0.3 is 9.47 Å². The predicted octanol–water partition coefficient (Wildman–Crippen LogP) is 5.63. The van der Waals surface area contributed by atoms with Gasteiger partial charge in [-0.2, -0.15) is 0 Å². The minimum absolute atomic E-state index is 0.171. The summed E-state index contributed by atoms with van der Waals surface area (Å²) in [6.07, 6.45) is 4.24. The van der Waals surface area contributed by atoms with Crippen molar-refractivity contribution < 1.29 is 14.3 Å². The largest absolute Gasteiger partial charge is 0.493 e. The molecule has 0 saturated heterocycles. The third kappa shape index (κ3) is 5.23. The van der Waals surface area contributed by atoms with E-state index in [-0.39, 0.29) is 5.91 Å². The van der Waals surface area contributed by atoms with Crippen molar-refractivity contribution in [2.24, 2.45) is 0 Å². The second kappa shape index (κ2) is 9.89. The summed E-state index contributed by atoms with van der Waals surface area (Å²) in [7, 11) is 1.61. The normalized spacial score (nSPS) is 10.9. The Morgan fingerprint density at radius 3 is 2.62 bits per heavy atom. The number of hydrogen-bond donors (Lipinski definition) is 0. The zero-order valence-electron chi connectivity index (χ0n) is 16.8. The van der Waals surface area contributed by atoms with E-state index < -0.39 is 0 Å². The molecule has 5 nitrogen and oxygen atoms in total. The Bertz CT molecular complexity index is 983. The molecule has 0 N–H and O–H groups in total. The lowest BCUT2D eigenvalue weighted by Gasteiger charge is -2.18. The predicted molar refractivity (Wildman–Crippen MR) is 118 cm³/mol. The highest BCUT2D eigenvalue weighted by Crippen LogP contribution is 2.30. The molecule has 0 aliphatic carbocycles. The number of rotatable bonds is 8. The molecule has 1 aromatic heterocycles. The number of anilines is 2. The Labute approximate surface area is 175 Å².